The van der Waals surface area contributed by atoms with Crippen LogP contribution in [-0.4, -0.2) is 38.8 Å². The summed E-state index contributed by atoms with van der Waals surface area (Å²) in [5.74, 6) is -2.13. The van der Waals surface area contributed by atoms with Crippen LogP contribution < -0.4 is 16.4 Å². The van der Waals surface area contributed by atoms with Crippen molar-refractivity contribution >= 4 is 17.9 Å². The van der Waals surface area contributed by atoms with Crippen LogP contribution >= 0.6 is 0 Å². The van der Waals surface area contributed by atoms with Crippen molar-refractivity contribution in [1.29, 1.82) is 0 Å². The van der Waals surface area contributed by atoms with Crippen molar-refractivity contribution in [1.82, 2.24) is 20.4 Å². The largest absolute Gasteiger partial charge is 0.480 e. The second kappa shape index (κ2) is 6.38. The van der Waals surface area contributed by atoms with Gasteiger partial charge in [-0.15, -0.1) is 0 Å². The third kappa shape index (κ3) is 5.06. The predicted octanol–water partition coefficient (Wildman–Crippen LogP) is -1.45. The Bertz CT molecular complexity index is 484. The Hall–Kier alpha value is -2.58. The molecule has 0 aliphatic carbocycles. The molecule has 1 aromatic rings. The molecule has 9 heteroatoms. The van der Waals surface area contributed by atoms with E-state index in [9.17, 15) is 14.4 Å². The molecule has 0 saturated carbocycles. The molecule has 0 bridgehead atoms. The average Bonchev–Trinajstić information content (AvgIpc) is 2.71. The normalized spacial score (nSPS) is 11.6. The second-order valence-corrected chi connectivity index (χ2v) is 3.91. The summed E-state index contributed by atoms with van der Waals surface area (Å²) in [7, 11) is 1.73. The molecule has 0 fully saturated rings. The van der Waals surface area contributed by atoms with Gasteiger partial charge >= 0.3 is 12.0 Å². The van der Waals surface area contributed by atoms with Crippen LogP contribution in [0.3, 0.4) is 0 Å². The van der Waals surface area contributed by atoms with Crippen LogP contribution in [0.2, 0.25) is 0 Å². The van der Waals surface area contributed by atoms with Crippen LogP contribution in [0.5, 0.6) is 0 Å². The number of carbonyl (C=O) groups is 3. The van der Waals surface area contributed by atoms with Gasteiger partial charge in [-0.2, -0.15) is 5.10 Å². The first-order chi connectivity index (χ1) is 8.88. The number of hydrogen-bond donors (Lipinski definition) is 4. The summed E-state index contributed by atoms with van der Waals surface area (Å²) in [6, 6.07) is -2.04. The predicted molar refractivity (Wildman–Crippen MR) is 63.8 cm³/mol. The van der Waals surface area contributed by atoms with Gasteiger partial charge in [0.15, 0.2) is 0 Å². The maximum atomic E-state index is 11.5. The zero-order valence-corrected chi connectivity index (χ0v) is 10.3. The fourth-order valence-electron chi connectivity index (χ4n) is 1.36. The lowest BCUT2D eigenvalue weighted by molar-refractivity contribution is -0.140. The molecule has 19 heavy (non-hydrogen) atoms. The van der Waals surface area contributed by atoms with E-state index < -0.39 is 30.4 Å². The topological polar surface area (TPSA) is 139 Å². The first kappa shape index (κ1) is 14.5. The highest BCUT2D eigenvalue weighted by Crippen LogP contribution is 1.96. The summed E-state index contributed by atoms with van der Waals surface area (Å²) in [6.45, 7) is 0.197. The van der Waals surface area contributed by atoms with Crippen molar-refractivity contribution in [3.8, 4) is 0 Å². The Morgan fingerprint density at radius 1 is 1.53 bits per heavy atom. The van der Waals surface area contributed by atoms with E-state index in [2.05, 4.69) is 15.7 Å². The van der Waals surface area contributed by atoms with Gasteiger partial charge in [0.25, 0.3) is 0 Å². The van der Waals surface area contributed by atoms with Gasteiger partial charge in [0.1, 0.15) is 6.04 Å². The summed E-state index contributed by atoms with van der Waals surface area (Å²) in [4.78, 5) is 32.9. The zero-order valence-electron chi connectivity index (χ0n) is 10.3. The number of carbonyl (C=O) groups excluding carboxylic acids is 2. The Labute approximate surface area is 108 Å². The number of carboxylic acid groups (broad SMARTS) is 1. The standard InChI is InChI=1S/C10H15N5O4/c1-15-5-6(4-13-15)3-12-10(19)14-7(9(17)18)2-8(11)16/h4-5,7H,2-3H2,1H3,(H2,11,16)(H,17,18)(H2,12,14,19)/t7-/m1/s1. The molecule has 5 N–H and O–H groups in total. The second-order valence-electron chi connectivity index (χ2n) is 3.91. The van der Waals surface area contributed by atoms with E-state index in [1.54, 1.807) is 24.1 Å². The van der Waals surface area contributed by atoms with Gasteiger partial charge in [-0.1, -0.05) is 0 Å². The van der Waals surface area contributed by atoms with Crippen molar-refractivity contribution in [3.63, 3.8) is 0 Å². The van der Waals surface area contributed by atoms with Crippen LogP contribution in [0, 0.1) is 0 Å². The number of nitrogens with zero attached hydrogens (tertiary/aromatic N) is 2. The molecular weight excluding hydrogens is 254 g/mol. The number of nitrogens with two attached hydrogens (primary N) is 1. The molecule has 104 valence electrons. The fraction of sp³-hybridized carbons (Fsp3) is 0.400. The summed E-state index contributed by atoms with van der Waals surface area (Å²) < 4.78 is 1.57. The number of rotatable bonds is 6. The maximum absolute atomic E-state index is 11.5. The number of primary amides is 1. The van der Waals surface area contributed by atoms with Crippen molar-refractivity contribution in [2.24, 2.45) is 12.8 Å². The highest BCUT2D eigenvalue weighted by molar-refractivity contribution is 5.87. The molecule has 0 unspecified atom stereocenters. The average molecular weight is 269 g/mol. The highest BCUT2D eigenvalue weighted by atomic mass is 16.4. The minimum Gasteiger partial charge on any atom is -0.480 e. The first-order valence-corrected chi connectivity index (χ1v) is 5.41. The Morgan fingerprint density at radius 2 is 2.21 bits per heavy atom. The number of urea groups is 1. The van der Waals surface area contributed by atoms with Gasteiger partial charge in [-0.3, -0.25) is 9.48 Å². The molecule has 1 aromatic heterocycles. The molecular formula is C10H15N5O4. The van der Waals surface area contributed by atoms with Crippen molar-refractivity contribution in [3.05, 3.63) is 18.0 Å². The minimum absolute atomic E-state index is 0.197. The van der Waals surface area contributed by atoms with Crippen LogP contribution in [0.1, 0.15) is 12.0 Å². The van der Waals surface area contributed by atoms with E-state index >= 15 is 0 Å². The van der Waals surface area contributed by atoms with E-state index in [0.717, 1.165) is 5.56 Å². The van der Waals surface area contributed by atoms with Gasteiger partial charge < -0.3 is 21.5 Å². The van der Waals surface area contributed by atoms with Gasteiger partial charge in [-0.05, 0) is 0 Å². The molecule has 1 rings (SSSR count). The monoisotopic (exact) mass is 269 g/mol. The number of aliphatic carboxylic acids is 1. The van der Waals surface area contributed by atoms with Crippen molar-refractivity contribution in [2.45, 2.75) is 19.0 Å². The molecule has 0 aromatic carbocycles. The van der Waals surface area contributed by atoms with E-state index in [4.69, 9.17) is 10.8 Å². The summed E-state index contributed by atoms with van der Waals surface area (Å²) in [5, 5.41) is 17.3. The molecule has 0 saturated heterocycles. The Morgan fingerprint density at radius 3 is 2.68 bits per heavy atom. The summed E-state index contributed by atoms with van der Waals surface area (Å²) >= 11 is 0. The first-order valence-electron chi connectivity index (χ1n) is 5.41. The Kier molecular flexibility index (Phi) is 4.86. The maximum Gasteiger partial charge on any atom is 0.326 e. The van der Waals surface area contributed by atoms with Crippen LogP contribution in [0.4, 0.5) is 4.79 Å². The SMILES string of the molecule is Cn1cc(CNC(=O)N[C@H](CC(N)=O)C(=O)O)cn1. The van der Waals surface area contributed by atoms with Crippen molar-refractivity contribution < 1.29 is 19.5 Å². The fourth-order valence-corrected chi connectivity index (χ4v) is 1.36. The van der Waals surface area contributed by atoms with Crippen LogP contribution in [0.15, 0.2) is 12.4 Å². The third-order valence-corrected chi connectivity index (χ3v) is 2.22. The van der Waals surface area contributed by atoms with Gasteiger partial charge in [0.2, 0.25) is 5.91 Å². The van der Waals surface area contributed by atoms with Crippen LogP contribution in [0.25, 0.3) is 0 Å². The summed E-state index contributed by atoms with van der Waals surface area (Å²) in [6.07, 6.45) is 2.81. The van der Waals surface area contributed by atoms with E-state index in [-0.39, 0.29) is 6.54 Å². The Balaban J connectivity index is 2.44. The van der Waals surface area contributed by atoms with E-state index in [1.165, 1.54) is 0 Å². The van der Waals surface area contributed by atoms with E-state index in [0.29, 0.717) is 0 Å². The number of aryl methyl sites for hydroxylation is 1. The lowest BCUT2D eigenvalue weighted by Crippen LogP contribution is -2.47. The van der Waals surface area contributed by atoms with E-state index in [1.807, 2.05) is 0 Å². The van der Waals surface area contributed by atoms with Gasteiger partial charge in [0.05, 0.1) is 12.6 Å². The molecule has 0 aliphatic heterocycles. The zero-order chi connectivity index (χ0) is 14.4. The van der Waals surface area contributed by atoms with Gasteiger partial charge in [-0.25, -0.2) is 9.59 Å². The number of hydrogen-bond acceptors (Lipinski definition) is 4. The number of carboxylic acids is 1. The number of nitrogens with one attached hydrogen (secondary N) is 2. The molecule has 3 amide bonds. The lowest BCUT2D eigenvalue weighted by atomic mass is 10.2. The van der Waals surface area contributed by atoms with Crippen molar-refractivity contribution in [2.75, 3.05) is 0 Å². The molecule has 1 atom stereocenters. The molecule has 9 nitrogen and oxygen atoms in total. The molecule has 0 radical (unpaired) electrons. The third-order valence-electron chi connectivity index (χ3n) is 2.22. The van der Waals surface area contributed by atoms with Crippen LogP contribution in [-0.2, 0) is 23.2 Å². The van der Waals surface area contributed by atoms with Gasteiger partial charge in [0, 0.05) is 25.4 Å². The minimum atomic E-state index is -1.34. The quantitative estimate of drug-likeness (QED) is 0.500. The number of aromatic nitrogens is 2. The smallest absolute Gasteiger partial charge is 0.326 e. The molecule has 1 heterocycles. The number of amides is 3. The lowest BCUT2D eigenvalue weighted by Gasteiger charge is -2.13. The summed E-state index contributed by atoms with van der Waals surface area (Å²) in [5.41, 5.74) is 5.65. The highest BCUT2D eigenvalue weighted by Gasteiger charge is 2.21. The molecule has 0 aliphatic rings. The molecule has 0 spiro atoms.